The number of Topliss-reactive ketones (excluding diaryl/α,β-unsaturated/α-hetero) is 1. The van der Waals surface area contributed by atoms with Crippen molar-refractivity contribution in [3.63, 3.8) is 0 Å². The maximum atomic E-state index is 13.0. The third kappa shape index (κ3) is 3.64. The fraction of sp³-hybridized carbons (Fsp3) is 0.133. The molecular weight excluding hydrogens is 311 g/mol. The highest BCUT2D eigenvalue weighted by Crippen LogP contribution is 2.21. The summed E-state index contributed by atoms with van der Waals surface area (Å²) >= 11 is 3.07. The van der Waals surface area contributed by atoms with Crippen molar-refractivity contribution in [2.75, 3.05) is 6.61 Å². The number of ketones is 1. The van der Waals surface area contributed by atoms with Crippen LogP contribution in [0.2, 0.25) is 0 Å². The average Bonchev–Trinajstić information content (AvgIpc) is 2.40. The molecule has 2 rings (SSSR count). The third-order valence-electron chi connectivity index (χ3n) is 2.63. The second kappa shape index (κ2) is 5.97. The maximum absolute atomic E-state index is 13.0. The first kappa shape index (κ1) is 13.7. The fourth-order valence-electron chi connectivity index (χ4n) is 1.54. The van der Waals surface area contributed by atoms with Gasteiger partial charge in [0.1, 0.15) is 11.6 Å². The minimum atomic E-state index is -0.364. The van der Waals surface area contributed by atoms with Gasteiger partial charge in [0.25, 0.3) is 0 Å². The molecule has 0 aromatic heterocycles. The normalized spacial score (nSPS) is 10.3. The first-order valence-corrected chi connectivity index (χ1v) is 6.53. The molecule has 0 spiro atoms. The second-order valence-corrected chi connectivity index (χ2v) is 5.01. The molecule has 0 saturated carbocycles. The van der Waals surface area contributed by atoms with E-state index in [2.05, 4.69) is 15.9 Å². The van der Waals surface area contributed by atoms with E-state index in [1.54, 1.807) is 12.1 Å². The van der Waals surface area contributed by atoms with Crippen LogP contribution >= 0.6 is 15.9 Å². The molecule has 4 heteroatoms. The van der Waals surface area contributed by atoms with E-state index in [9.17, 15) is 9.18 Å². The molecule has 0 fully saturated rings. The Morgan fingerprint density at radius 1 is 1.21 bits per heavy atom. The Balaban J connectivity index is 2.00. The zero-order valence-corrected chi connectivity index (χ0v) is 11.9. The Labute approximate surface area is 119 Å². The van der Waals surface area contributed by atoms with Crippen LogP contribution in [0.1, 0.15) is 15.9 Å². The standard InChI is InChI=1S/C15H12BrFO2/c1-10-2-4-11(5-3-10)15(18)9-19-12-6-7-14(17)13(16)8-12/h2-8H,9H2,1H3. The van der Waals surface area contributed by atoms with Crippen LogP contribution in [-0.2, 0) is 0 Å². The zero-order valence-electron chi connectivity index (χ0n) is 10.3. The van der Waals surface area contributed by atoms with E-state index >= 15 is 0 Å². The van der Waals surface area contributed by atoms with Gasteiger partial charge in [-0.2, -0.15) is 0 Å². The largest absolute Gasteiger partial charge is 0.485 e. The van der Waals surface area contributed by atoms with Crippen molar-refractivity contribution in [2.24, 2.45) is 0 Å². The first-order valence-electron chi connectivity index (χ1n) is 5.74. The number of halogens is 2. The fourth-order valence-corrected chi connectivity index (χ4v) is 1.90. The van der Waals surface area contributed by atoms with Crippen molar-refractivity contribution < 1.29 is 13.9 Å². The van der Waals surface area contributed by atoms with E-state index in [1.807, 2.05) is 19.1 Å². The topological polar surface area (TPSA) is 26.3 Å². The van der Waals surface area contributed by atoms with Gasteiger partial charge in [-0.25, -0.2) is 4.39 Å². The lowest BCUT2D eigenvalue weighted by Crippen LogP contribution is -2.11. The minimum absolute atomic E-state index is 0.0683. The number of hydrogen-bond donors (Lipinski definition) is 0. The van der Waals surface area contributed by atoms with E-state index in [1.165, 1.54) is 18.2 Å². The Morgan fingerprint density at radius 3 is 2.53 bits per heavy atom. The third-order valence-corrected chi connectivity index (χ3v) is 3.24. The SMILES string of the molecule is Cc1ccc(C(=O)COc2ccc(F)c(Br)c2)cc1. The summed E-state index contributed by atoms with van der Waals surface area (Å²) in [5, 5.41) is 0. The summed E-state index contributed by atoms with van der Waals surface area (Å²) < 4.78 is 18.7. The molecule has 0 heterocycles. The van der Waals surface area contributed by atoms with Crippen LogP contribution < -0.4 is 4.74 Å². The highest BCUT2D eigenvalue weighted by molar-refractivity contribution is 9.10. The molecule has 19 heavy (non-hydrogen) atoms. The molecular formula is C15H12BrFO2. The van der Waals surface area contributed by atoms with Crippen LogP contribution in [0.15, 0.2) is 46.9 Å². The molecule has 2 nitrogen and oxygen atoms in total. The van der Waals surface area contributed by atoms with E-state index in [-0.39, 0.29) is 18.2 Å². The highest BCUT2D eigenvalue weighted by atomic mass is 79.9. The van der Waals surface area contributed by atoms with Crippen LogP contribution in [0.25, 0.3) is 0 Å². The molecule has 0 aliphatic rings. The molecule has 0 unspecified atom stereocenters. The van der Waals surface area contributed by atoms with Gasteiger partial charge in [0.2, 0.25) is 0 Å². The van der Waals surface area contributed by atoms with Crippen molar-refractivity contribution in [3.05, 3.63) is 63.9 Å². The number of hydrogen-bond acceptors (Lipinski definition) is 2. The summed E-state index contributed by atoms with van der Waals surface area (Å²) in [6, 6.07) is 11.6. The zero-order chi connectivity index (χ0) is 13.8. The van der Waals surface area contributed by atoms with Gasteiger partial charge in [-0.3, -0.25) is 4.79 Å². The van der Waals surface area contributed by atoms with Crippen molar-refractivity contribution in [2.45, 2.75) is 6.92 Å². The van der Waals surface area contributed by atoms with Crippen molar-refractivity contribution in [1.29, 1.82) is 0 Å². The van der Waals surface area contributed by atoms with Gasteiger partial charge in [0.15, 0.2) is 12.4 Å². The number of benzene rings is 2. The van der Waals surface area contributed by atoms with Crippen LogP contribution in [0, 0.1) is 12.7 Å². The molecule has 0 atom stereocenters. The lowest BCUT2D eigenvalue weighted by molar-refractivity contribution is 0.0921. The minimum Gasteiger partial charge on any atom is -0.485 e. The number of aryl methyl sites for hydroxylation is 1. The van der Waals surface area contributed by atoms with Gasteiger partial charge in [-0.15, -0.1) is 0 Å². The lowest BCUT2D eigenvalue weighted by Gasteiger charge is -2.06. The molecule has 0 saturated heterocycles. The van der Waals surface area contributed by atoms with Crippen LogP contribution in [-0.4, -0.2) is 12.4 Å². The molecule has 98 valence electrons. The molecule has 0 bridgehead atoms. The van der Waals surface area contributed by atoms with Crippen molar-refractivity contribution in [1.82, 2.24) is 0 Å². The van der Waals surface area contributed by atoms with Gasteiger partial charge in [0.05, 0.1) is 4.47 Å². The van der Waals surface area contributed by atoms with Gasteiger partial charge in [0, 0.05) is 5.56 Å². The van der Waals surface area contributed by atoms with E-state index in [0.717, 1.165) is 5.56 Å². The predicted octanol–water partition coefficient (Wildman–Crippen LogP) is 4.16. The van der Waals surface area contributed by atoms with Crippen LogP contribution in [0.4, 0.5) is 4.39 Å². The molecule has 2 aromatic rings. The van der Waals surface area contributed by atoms with Crippen molar-refractivity contribution >= 4 is 21.7 Å². The van der Waals surface area contributed by atoms with E-state index in [4.69, 9.17) is 4.74 Å². The van der Waals surface area contributed by atoms with Gasteiger partial charge >= 0.3 is 0 Å². The summed E-state index contributed by atoms with van der Waals surface area (Å²) in [5.74, 6) is -0.0219. The Hall–Kier alpha value is -1.68. The summed E-state index contributed by atoms with van der Waals surface area (Å²) in [6.45, 7) is 1.89. The lowest BCUT2D eigenvalue weighted by atomic mass is 10.1. The summed E-state index contributed by atoms with van der Waals surface area (Å²) in [7, 11) is 0. The Kier molecular flexibility index (Phi) is 4.32. The smallest absolute Gasteiger partial charge is 0.200 e. The molecule has 2 aromatic carbocycles. The molecule has 0 aliphatic carbocycles. The van der Waals surface area contributed by atoms with E-state index in [0.29, 0.717) is 15.8 Å². The number of carbonyl (C=O) groups is 1. The number of ether oxygens (including phenoxy) is 1. The van der Waals surface area contributed by atoms with E-state index < -0.39 is 0 Å². The second-order valence-electron chi connectivity index (χ2n) is 4.15. The maximum Gasteiger partial charge on any atom is 0.200 e. The Bertz CT molecular complexity index is 594. The number of carbonyl (C=O) groups excluding carboxylic acids is 1. The summed E-state index contributed by atoms with van der Waals surface area (Å²) in [5.41, 5.74) is 1.70. The quantitative estimate of drug-likeness (QED) is 0.790. The van der Waals surface area contributed by atoms with Crippen molar-refractivity contribution in [3.8, 4) is 5.75 Å². The number of rotatable bonds is 4. The van der Waals surface area contributed by atoms with Crippen LogP contribution in [0.5, 0.6) is 5.75 Å². The van der Waals surface area contributed by atoms with Gasteiger partial charge in [-0.05, 0) is 41.1 Å². The predicted molar refractivity (Wildman–Crippen MR) is 75.1 cm³/mol. The van der Waals surface area contributed by atoms with Crippen LogP contribution in [0.3, 0.4) is 0 Å². The summed E-state index contributed by atoms with van der Waals surface area (Å²) in [6.07, 6.45) is 0. The molecule has 0 aliphatic heterocycles. The van der Waals surface area contributed by atoms with Gasteiger partial charge in [-0.1, -0.05) is 29.8 Å². The Morgan fingerprint density at radius 2 is 1.89 bits per heavy atom. The first-order chi connectivity index (χ1) is 9.06. The monoisotopic (exact) mass is 322 g/mol. The molecule has 0 N–H and O–H groups in total. The molecule has 0 radical (unpaired) electrons. The average molecular weight is 323 g/mol. The highest BCUT2D eigenvalue weighted by Gasteiger charge is 2.07. The molecule has 0 amide bonds. The van der Waals surface area contributed by atoms with Gasteiger partial charge < -0.3 is 4.74 Å². The summed E-state index contributed by atoms with van der Waals surface area (Å²) in [4.78, 5) is 11.9.